The number of carbonyl (C=O) groups is 2. The van der Waals surface area contributed by atoms with E-state index in [1.807, 2.05) is 6.92 Å². The molecular formula is C25H33N5O7S2. The highest BCUT2D eigenvalue weighted by atomic mass is 32.2. The molecule has 0 aliphatic carbocycles. The Morgan fingerprint density at radius 2 is 1.77 bits per heavy atom. The van der Waals surface area contributed by atoms with Crippen molar-refractivity contribution in [1.29, 1.82) is 5.41 Å². The van der Waals surface area contributed by atoms with E-state index in [2.05, 4.69) is 9.57 Å². The molecule has 1 heterocycles. The fourth-order valence-electron chi connectivity index (χ4n) is 4.34. The van der Waals surface area contributed by atoms with Gasteiger partial charge in [0.15, 0.2) is 0 Å². The number of piperazine rings is 1. The lowest BCUT2D eigenvalue weighted by Gasteiger charge is -2.44. The van der Waals surface area contributed by atoms with E-state index in [1.54, 1.807) is 42.5 Å². The molecule has 14 heteroatoms. The van der Waals surface area contributed by atoms with Gasteiger partial charge in [-0.25, -0.2) is 21.8 Å². The SMILES string of the molecule is COC(=O)CN1CCN(S(=O)(=O)Cc2ccccc2)[C@@H](C(CC=N)N(C)NS(=O)(=O)c2ccc(C)cc2)C1=O. The van der Waals surface area contributed by atoms with E-state index in [0.29, 0.717) is 5.56 Å². The van der Waals surface area contributed by atoms with Crippen LogP contribution in [0.5, 0.6) is 0 Å². The van der Waals surface area contributed by atoms with Crippen LogP contribution >= 0.6 is 0 Å². The maximum Gasteiger partial charge on any atom is 0.325 e. The minimum absolute atomic E-state index is 0.0237. The summed E-state index contributed by atoms with van der Waals surface area (Å²) in [5.41, 5.74) is 1.37. The van der Waals surface area contributed by atoms with Crippen LogP contribution in [-0.4, -0.2) is 95.0 Å². The standard InChI is InChI=1S/C25H33N5O7S2/c1-19-9-11-21(12-10-19)39(35,36)27-28(2)22(13-14-26)24-25(32)29(17-23(31)37-3)15-16-30(24)38(33,34)18-20-7-5-4-6-8-20/h4-12,14,22,24,26-27H,13,15-18H2,1-3H3/t22?,24-/m0/s1. The average molecular weight is 580 g/mol. The normalized spacial score (nSPS) is 17.7. The fourth-order valence-corrected chi connectivity index (χ4v) is 7.17. The van der Waals surface area contributed by atoms with E-state index in [-0.39, 0.29) is 30.2 Å². The number of ether oxygens (including phenoxy) is 1. The number of methoxy groups -OCH3 is 1. The molecule has 39 heavy (non-hydrogen) atoms. The molecule has 0 spiro atoms. The Morgan fingerprint density at radius 3 is 2.36 bits per heavy atom. The van der Waals surface area contributed by atoms with Gasteiger partial charge in [0, 0.05) is 26.6 Å². The lowest BCUT2D eigenvalue weighted by atomic mass is 10.0. The van der Waals surface area contributed by atoms with Gasteiger partial charge in [-0.05, 0) is 30.8 Å². The van der Waals surface area contributed by atoms with E-state index in [1.165, 1.54) is 31.2 Å². The minimum Gasteiger partial charge on any atom is -0.468 e. The summed E-state index contributed by atoms with van der Waals surface area (Å²) in [6, 6.07) is 12.1. The summed E-state index contributed by atoms with van der Waals surface area (Å²) in [5.74, 6) is -1.76. The fraction of sp³-hybridized carbons (Fsp3) is 0.400. The number of sulfonamides is 2. The maximum absolute atomic E-state index is 13.7. The van der Waals surface area contributed by atoms with Crippen molar-refractivity contribution in [3.8, 4) is 0 Å². The van der Waals surface area contributed by atoms with E-state index in [4.69, 9.17) is 5.41 Å². The molecule has 1 amide bonds. The van der Waals surface area contributed by atoms with Crippen molar-refractivity contribution in [2.75, 3.05) is 33.8 Å². The number of esters is 1. The summed E-state index contributed by atoms with van der Waals surface area (Å²) in [4.78, 5) is 29.2. The van der Waals surface area contributed by atoms with Crippen LogP contribution in [0.2, 0.25) is 0 Å². The summed E-state index contributed by atoms with van der Waals surface area (Å²) in [7, 11) is -5.64. The number of rotatable bonds is 12. The maximum atomic E-state index is 13.7. The second kappa shape index (κ2) is 12.8. The number of hydrogen-bond donors (Lipinski definition) is 2. The highest BCUT2D eigenvalue weighted by Crippen LogP contribution is 2.25. The molecule has 1 aliphatic rings. The molecular weight excluding hydrogens is 546 g/mol. The molecule has 2 N–H and O–H groups in total. The topological polar surface area (TPSA) is 157 Å². The second-order valence-electron chi connectivity index (χ2n) is 9.16. The van der Waals surface area contributed by atoms with Crippen LogP contribution in [0.4, 0.5) is 0 Å². The smallest absolute Gasteiger partial charge is 0.325 e. The zero-order valence-corrected chi connectivity index (χ0v) is 23.6. The average Bonchev–Trinajstić information content (AvgIpc) is 2.88. The van der Waals surface area contributed by atoms with Crippen molar-refractivity contribution in [3.05, 3.63) is 65.7 Å². The van der Waals surface area contributed by atoms with Crippen LogP contribution in [0.1, 0.15) is 17.5 Å². The van der Waals surface area contributed by atoms with Crippen molar-refractivity contribution in [1.82, 2.24) is 19.0 Å². The molecule has 3 rings (SSSR count). The molecule has 1 aliphatic heterocycles. The van der Waals surface area contributed by atoms with Gasteiger partial charge >= 0.3 is 5.97 Å². The largest absolute Gasteiger partial charge is 0.468 e. The van der Waals surface area contributed by atoms with Crippen LogP contribution < -0.4 is 4.83 Å². The molecule has 2 aromatic carbocycles. The Labute approximate surface area is 229 Å². The van der Waals surface area contributed by atoms with Crippen LogP contribution in [0, 0.1) is 12.3 Å². The molecule has 0 saturated carbocycles. The van der Waals surface area contributed by atoms with Crippen molar-refractivity contribution in [2.45, 2.75) is 36.1 Å². The van der Waals surface area contributed by atoms with Gasteiger partial charge < -0.3 is 15.0 Å². The third kappa shape index (κ3) is 7.48. The highest BCUT2D eigenvalue weighted by Gasteiger charge is 2.47. The van der Waals surface area contributed by atoms with E-state index in [9.17, 15) is 26.4 Å². The van der Waals surface area contributed by atoms with Crippen LogP contribution in [0.15, 0.2) is 59.5 Å². The summed E-state index contributed by atoms with van der Waals surface area (Å²) in [6.07, 6.45) is 0.822. The molecule has 2 aromatic rings. The van der Waals surface area contributed by atoms with Crippen molar-refractivity contribution < 1.29 is 31.2 Å². The number of hydrogen-bond acceptors (Lipinski definition) is 9. The lowest BCUT2D eigenvalue weighted by Crippen LogP contribution is -2.67. The Hall–Kier alpha value is -3.17. The Balaban J connectivity index is 2.00. The first kappa shape index (κ1) is 30.4. The number of amides is 1. The number of benzene rings is 2. The van der Waals surface area contributed by atoms with Gasteiger partial charge in [-0.15, -0.1) is 4.83 Å². The zero-order valence-electron chi connectivity index (χ0n) is 22.0. The summed E-state index contributed by atoms with van der Waals surface area (Å²) >= 11 is 0. The quantitative estimate of drug-likeness (QED) is 0.212. The number of nitrogens with zero attached hydrogens (tertiary/aromatic N) is 3. The molecule has 0 bridgehead atoms. The lowest BCUT2D eigenvalue weighted by molar-refractivity contribution is -0.151. The van der Waals surface area contributed by atoms with E-state index in [0.717, 1.165) is 21.1 Å². The molecule has 1 saturated heterocycles. The van der Waals surface area contributed by atoms with E-state index < -0.39 is 50.6 Å². The Kier molecular flexibility index (Phi) is 9.96. The molecule has 12 nitrogen and oxygen atoms in total. The van der Waals surface area contributed by atoms with Gasteiger partial charge in [0.1, 0.15) is 12.6 Å². The second-order valence-corrected chi connectivity index (χ2v) is 12.7. The zero-order chi connectivity index (χ0) is 28.8. The van der Waals surface area contributed by atoms with Gasteiger partial charge in [0.25, 0.3) is 10.0 Å². The number of carbonyl (C=O) groups excluding carboxylic acids is 2. The molecule has 1 fully saturated rings. The Morgan fingerprint density at radius 1 is 1.13 bits per heavy atom. The van der Waals surface area contributed by atoms with Gasteiger partial charge in [-0.3, -0.25) is 9.59 Å². The van der Waals surface area contributed by atoms with Crippen LogP contribution in [0.3, 0.4) is 0 Å². The van der Waals surface area contributed by atoms with Gasteiger partial charge in [-0.2, -0.15) is 4.31 Å². The number of aryl methyl sites for hydroxylation is 1. The summed E-state index contributed by atoms with van der Waals surface area (Å²) in [6.45, 7) is 1.23. The van der Waals surface area contributed by atoms with Crippen molar-refractivity contribution in [2.24, 2.45) is 0 Å². The third-order valence-electron chi connectivity index (χ3n) is 6.38. The first-order chi connectivity index (χ1) is 18.4. The van der Waals surface area contributed by atoms with Crippen LogP contribution in [0.25, 0.3) is 0 Å². The summed E-state index contributed by atoms with van der Waals surface area (Å²) < 4.78 is 59.2. The number of hydrazine groups is 1. The monoisotopic (exact) mass is 579 g/mol. The molecule has 212 valence electrons. The van der Waals surface area contributed by atoms with Crippen LogP contribution in [-0.2, 0) is 40.1 Å². The third-order valence-corrected chi connectivity index (χ3v) is 9.62. The number of nitrogens with one attached hydrogen (secondary N) is 2. The predicted molar refractivity (Wildman–Crippen MR) is 145 cm³/mol. The Bertz CT molecular complexity index is 1380. The van der Waals surface area contributed by atoms with Crippen molar-refractivity contribution >= 4 is 38.1 Å². The van der Waals surface area contributed by atoms with Gasteiger partial charge in [0.2, 0.25) is 15.9 Å². The first-order valence-electron chi connectivity index (χ1n) is 12.1. The predicted octanol–water partition coefficient (Wildman–Crippen LogP) is 0.744. The van der Waals surface area contributed by atoms with Gasteiger partial charge in [0.05, 0.1) is 23.8 Å². The molecule has 0 aromatic heterocycles. The molecule has 2 atom stereocenters. The first-order valence-corrected chi connectivity index (χ1v) is 15.2. The molecule has 1 unspecified atom stereocenters. The minimum atomic E-state index is -4.10. The summed E-state index contributed by atoms with van der Waals surface area (Å²) in [5, 5.41) is 8.86. The van der Waals surface area contributed by atoms with Gasteiger partial charge in [-0.1, -0.05) is 48.0 Å². The van der Waals surface area contributed by atoms with E-state index >= 15 is 0 Å². The molecule has 0 radical (unpaired) electrons. The number of likely N-dealkylation sites (N-methyl/N-ethyl adjacent to an activating group) is 1. The highest BCUT2D eigenvalue weighted by molar-refractivity contribution is 7.89. The van der Waals surface area contributed by atoms with Crippen molar-refractivity contribution in [3.63, 3.8) is 0 Å².